The number of amides is 1. The van der Waals surface area contributed by atoms with E-state index >= 15 is 0 Å². The zero-order valence-electron chi connectivity index (χ0n) is 22.3. The maximum atomic E-state index is 14.3. The normalized spacial score (nSPS) is 13.0. The van der Waals surface area contributed by atoms with Crippen molar-refractivity contribution in [3.05, 3.63) is 71.2 Å². The first-order valence-electron chi connectivity index (χ1n) is 12.1. The highest BCUT2D eigenvalue weighted by Crippen LogP contribution is 2.33. The Bertz CT molecular complexity index is 1610. The van der Waals surface area contributed by atoms with E-state index in [1.165, 1.54) is 25.3 Å². The van der Waals surface area contributed by atoms with Crippen LogP contribution in [-0.4, -0.2) is 39.6 Å². The molecular weight excluding hydrogens is 634 g/mol. The lowest BCUT2D eigenvalue weighted by molar-refractivity contribution is -0.137. The van der Waals surface area contributed by atoms with Gasteiger partial charge in [-0.15, -0.1) is 18.2 Å². The number of carbonyl (C=O) groups excluding carboxylic acids is 2. The maximum absolute atomic E-state index is 14.3. The van der Waals surface area contributed by atoms with Crippen LogP contribution in [0.15, 0.2) is 45.0 Å². The van der Waals surface area contributed by atoms with Gasteiger partial charge in [0.1, 0.15) is 11.5 Å². The summed E-state index contributed by atoms with van der Waals surface area (Å²) in [6.45, 7) is 4.79. The van der Waals surface area contributed by atoms with Gasteiger partial charge in [-0.2, -0.15) is 0 Å². The molecule has 0 spiro atoms. The summed E-state index contributed by atoms with van der Waals surface area (Å²) < 4.78 is 22.3. The zero-order chi connectivity index (χ0) is 30.3. The van der Waals surface area contributed by atoms with E-state index in [9.17, 15) is 18.8 Å². The highest BCUT2D eigenvalue weighted by molar-refractivity contribution is 8.00. The topological polar surface area (TPSA) is 94.7 Å². The van der Waals surface area contributed by atoms with Gasteiger partial charge in [-0.05, 0) is 68.4 Å². The van der Waals surface area contributed by atoms with E-state index in [0.29, 0.717) is 38.4 Å². The third-order valence-electron chi connectivity index (χ3n) is 5.59. The lowest BCUT2D eigenvalue weighted by Crippen LogP contribution is -2.42. The quantitative estimate of drug-likeness (QED) is 0.201. The minimum Gasteiger partial charge on any atom is -0.468 e. The van der Waals surface area contributed by atoms with Crippen LogP contribution in [0.5, 0.6) is 0 Å². The average molecular weight is 660 g/mol. The standard InChI is InChI=1S/C15H15ClFN3O3S2.C12H11Cl2NO/c1-23-13(21)8-24-12-7-11(10(17)6-9(12)16)18-14-19-4-2-3-5-20(19)15(22)25-14;1-4-12(2,3)15-11(16)8-5-9(13)7-10(14)6-8/h6-7H,2-5,8H2,1H3;1,5-7H,2-3H3,(H,15,16)/b18-14-;. The fourth-order valence-corrected chi connectivity index (χ4v) is 6.02. The zero-order valence-corrected chi connectivity index (χ0v) is 26.2. The van der Waals surface area contributed by atoms with Gasteiger partial charge in [0.2, 0.25) is 4.80 Å². The SMILES string of the molecule is C#CC(C)(C)NC(=O)c1cc(Cl)cc(Cl)c1.COC(=O)CSc1cc(/N=c2\sc(=O)n3n2CCCC3)c(F)cc1Cl. The third kappa shape index (κ3) is 9.12. The fraction of sp³-hybridized carbons (Fsp3) is 0.333. The molecule has 4 rings (SSSR count). The van der Waals surface area contributed by atoms with Gasteiger partial charge in [0.25, 0.3) is 5.91 Å². The number of terminal acetylenes is 1. The number of benzene rings is 2. The van der Waals surface area contributed by atoms with Crippen molar-refractivity contribution in [3.63, 3.8) is 0 Å². The molecule has 0 fully saturated rings. The molecule has 2 heterocycles. The van der Waals surface area contributed by atoms with Gasteiger partial charge >= 0.3 is 10.8 Å². The number of nitrogens with zero attached hydrogens (tertiary/aromatic N) is 3. The van der Waals surface area contributed by atoms with Crippen LogP contribution in [0.1, 0.15) is 37.0 Å². The van der Waals surface area contributed by atoms with Crippen molar-refractivity contribution in [1.82, 2.24) is 14.7 Å². The summed E-state index contributed by atoms with van der Waals surface area (Å²) in [5.74, 6) is 1.25. The number of carbonyl (C=O) groups is 2. The van der Waals surface area contributed by atoms with E-state index in [4.69, 9.17) is 41.2 Å². The van der Waals surface area contributed by atoms with Crippen molar-refractivity contribution >= 4 is 75.5 Å². The van der Waals surface area contributed by atoms with E-state index in [1.54, 1.807) is 29.3 Å². The number of hydrogen-bond acceptors (Lipinski definition) is 7. The second-order valence-corrected chi connectivity index (χ2v) is 12.4. The third-order valence-corrected chi connectivity index (χ3v) is 8.35. The number of methoxy groups -OCH3 is 1. The van der Waals surface area contributed by atoms with Gasteiger partial charge in [-0.1, -0.05) is 40.7 Å². The number of halogens is 4. The van der Waals surface area contributed by atoms with E-state index < -0.39 is 17.3 Å². The number of aromatic nitrogens is 2. The summed E-state index contributed by atoms with van der Waals surface area (Å²) >= 11 is 19.8. The molecule has 0 saturated heterocycles. The summed E-state index contributed by atoms with van der Waals surface area (Å²) in [5.41, 5.74) is -0.230. The van der Waals surface area contributed by atoms with Crippen molar-refractivity contribution in [1.29, 1.82) is 0 Å². The molecule has 1 aliphatic rings. The minimum absolute atomic E-state index is 0.0605. The van der Waals surface area contributed by atoms with Gasteiger partial charge in [0, 0.05) is 33.6 Å². The number of ether oxygens (including phenoxy) is 1. The predicted octanol–water partition coefficient (Wildman–Crippen LogP) is 5.93. The Morgan fingerprint density at radius 3 is 2.39 bits per heavy atom. The highest BCUT2D eigenvalue weighted by atomic mass is 35.5. The Kier molecular flexibility index (Phi) is 11.5. The van der Waals surface area contributed by atoms with Crippen LogP contribution in [0, 0.1) is 18.2 Å². The molecule has 1 aliphatic heterocycles. The van der Waals surface area contributed by atoms with Crippen molar-refractivity contribution in [3.8, 4) is 12.3 Å². The van der Waals surface area contributed by atoms with Crippen molar-refractivity contribution in [2.45, 2.75) is 50.2 Å². The molecule has 8 nitrogen and oxygen atoms in total. The van der Waals surface area contributed by atoms with Crippen LogP contribution in [-0.2, 0) is 22.6 Å². The van der Waals surface area contributed by atoms with Gasteiger partial charge < -0.3 is 10.1 Å². The van der Waals surface area contributed by atoms with E-state index in [1.807, 2.05) is 0 Å². The molecule has 14 heteroatoms. The largest absolute Gasteiger partial charge is 0.468 e. The molecule has 1 N–H and O–H groups in total. The Labute approximate surface area is 259 Å². The summed E-state index contributed by atoms with van der Waals surface area (Å²) in [6, 6.07) is 7.28. The lowest BCUT2D eigenvalue weighted by atomic mass is 10.1. The first-order valence-corrected chi connectivity index (χ1v) is 15.1. The molecular formula is C27H26Cl3FN4O4S2. The Hall–Kier alpha value is -2.75. The molecule has 41 heavy (non-hydrogen) atoms. The first-order chi connectivity index (χ1) is 19.3. The molecule has 0 saturated carbocycles. The van der Waals surface area contributed by atoms with Crippen molar-refractivity contribution < 1.29 is 18.7 Å². The summed E-state index contributed by atoms with van der Waals surface area (Å²) in [4.78, 5) is 40.3. The van der Waals surface area contributed by atoms with Crippen molar-refractivity contribution in [2.75, 3.05) is 12.9 Å². The summed E-state index contributed by atoms with van der Waals surface area (Å²) in [5, 5.41) is 3.71. The van der Waals surface area contributed by atoms with Crippen LogP contribution in [0.4, 0.5) is 10.1 Å². The van der Waals surface area contributed by atoms with E-state index in [0.717, 1.165) is 42.0 Å². The number of hydrogen-bond donors (Lipinski definition) is 1. The Morgan fingerprint density at radius 1 is 1.15 bits per heavy atom. The molecule has 1 amide bonds. The molecule has 3 aromatic rings. The van der Waals surface area contributed by atoms with E-state index in [-0.39, 0.29) is 27.2 Å². The molecule has 0 bridgehead atoms. The van der Waals surface area contributed by atoms with Crippen LogP contribution < -0.4 is 15.0 Å². The second kappa shape index (κ2) is 14.4. The lowest BCUT2D eigenvalue weighted by Gasteiger charge is -2.19. The number of esters is 1. The number of fused-ring (bicyclic) bond motifs is 1. The van der Waals surface area contributed by atoms with E-state index in [2.05, 4.69) is 21.0 Å². The van der Waals surface area contributed by atoms with Crippen LogP contribution in [0.3, 0.4) is 0 Å². The molecule has 0 atom stereocenters. The number of nitrogens with one attached hydrogen (secondary N) is 1. The maximum Gasteiger partial charge on any atom is 0.325 e. The van der Waals surface area contributed by atoms with Crippen molar-refractivity contribution in [2.24, 2.45) is 4.99 Å². The average Bonchev–Trinajstić information content (AvgIpc) is 3.24. The van der Waals surface area contributed by atoms with Gasteiger partial charge in [0.05, 0.1) is 23.4 Å². The molecule has 0 aliphatic carbocycles. The summed E-state index contributed by atoms with van der Waals surface area (Å²) in [7, 11) is 1.30. The van der Waals surface area contributed by atoms with Crippen LogP contribution >= 0.6 is 57.9 Å². The smallest absolute Gasteiger partial charge is 0.325 e. The monoisotopic (exact) mass is 658 g/mol. The predicted molar refractivity (Wildman–Crippen MR) is 162 cm³/mol. The first kappa shape index (κ1) is 32.8. The van der Waals surface area contributed by atoms with Crippen LogP contribution in [0.2, 0.25) is 15.1 Å². The second-order valence-electron chi connectivity index (χ2n) is 9.20. The molecule has 0 radical (unpaired) electrons. The Balaban J connectivity index is 0.000000250. The number of thioether (sulfide) groups is 1. The molecule has 1 aromatic heterocycles. The Morgan fingerprint density at radius 2 is 1.78 bits per heavy atom. The van der Waals surface area contributed by atoms with Gasteiger partial charge in [-0.25, -0.2) is 14.1 Å². The molecule has 2 aromatic carbocycles. The number of rotatable bonds is 6. The van der Waals surface area contributed by atoms with Gasteiger partial charge in [0.15, 0.2) is 0 Å². The molecule has 218 valence electrons. The highest BCUT2D eigenvalue weighted by Gasteiger charge is 2.19. The van der Waals surface area contributed by atoms with Crippen LogP contribution in [0.25, 0.3) is 0 Å². The fourth-order valence-electron chi connectivity index (χ4n) is 3.51. The van der Waals surface area contributed by atoms with Gasteiger partial charge in [-0.3, -0.25) is 19.1 Å². The summed E-state index contributed by atoms with van der Waals surface area (Å²) in [6.07, 6.45) is 7.17. The minimum atomic E-state index is -0.703. The molecule has 0 unspecified atom stereocenters.